The number of Topliss-reactive ketones (excluding diaryl/α,β-unsaturated/α-hetero) is 1. The van der Waals surface area contributed by atoms with E-state index in [-0.39, 0.29) is 28.6 Å². The summed E-state index contributed by atoms with van der Waals surface area (Å²) >= 11 is 0. The number of piperidine rings is 2. The zero-order valence-electron chi connectivity index (χ0n) is 27.2. The van der Waals surface area contributed by atoms with Crippen molar-refractivity contribution < 1.29 is 28.5 Å². The molecule has 3 spiro atoms. The van der Waals surface area contributed by atoms with Crippen LogP contribution in [0.4, 0.5) is 0 Å². The van der Waals surface area contributed by atoms with Crippen LogP contribution in [0.5, 0.6) is 23.0 Å². The van der Waals surface area contributed by atoms with E-state index >= 15 is 4.79 Å². The number of ether oxygens (including phenoxy) is 5. The van der Waals surface area contributed by atoms with Gasteiger partial charge in [-0.15, -0.1) is 0 Å². The predicted molar refractivity (Wildman–Crippen MR) is 169 cm³/mol. The molecule has 240 valence electrons. The second-order valence-electron chi connectivity index (χ2n) is 15.9. The van der Waals surface area contributed by atoms with Crippen LogP contribution in [0.2, 0.25) is 0 Å². The third-order valence-corrected chi connectivity index (χ3v) is 14.6. The fraction of sp³-hybridized carbons (Fsp3) is 0.605. The van der Waals surface area contributed by atoms with Crippen LogP contribution in [-0.4, -0.2) is 86.9 Å². The van der Waals surface area contributed by atoms with Crippen molar-refractivity contribution in [2.75, 3.05) is 41.4 Å². The minimum absolute atomic E-state index is 0.128. The van der Waals surface area contributed by atoms with Crippen LogP contribution in [0, 0.1) is 11.8 Å². The molecule has 2 saturated heterocycles. The van der Waals surface area contributed by atoms with Gasteiger partial charge in [0.1, 0.15) is 5.76 Å². The summed E-state index contributed by atoms with van der Waals surface area (Å²) in [7, 11) is 8.00. The highest BCUT2D eigenvalue weighted by Gasteiger charge is 2.73. The molecule has 2 aromatic carbocycles. The van der Waals surface area contributed by atoms with E-state index in [2.05, 4.69) is 42.1 Å². The van der Waals surface area contributed by atoms with Crippen LogP contribution in [0.25, 0.3) is 0 Å². The lowest BCUT2D eigenvalue weighted by Crippen LogP contribution is -2.72. The Labute approximate surface area is 269 Å². The highest BCUT2D eigenvalue weighted by Crippen LogP contribution is 2.69. The standard InChI is InChI=1S/C38H42N2O6/c1-39-13-11-37-22-15-21-9-10-36(46-30(21)34(37)44-31-26(42-3)7-5-19(28(31)37)16-24(22)39)18-23-25-17-20-6-8-27(43-4)32-29(20)38(23,12-14-40(25)2)35(45-32)33(36)41/h5-8,22-25,34-35H,9-18H2,1-4H3/t22-,23-,24-,25+,34-,35-,36+,37+,38-/m0/s1. The van der Waals surface area contributed by atoms with Gasteiger partial charge in [0.25, 0.3) is 0 Å². The van der Waals surface area contributed by atoms with Crippen LogP contribution in [0.15, 0.2) is 35.6 Å². The van der Waals surface area contributed by atoms with Gasteiger partial charge in [0.05, 0.1) is 14.2 Å². The predicted octanol–water partition coefficient (Wildman–Crippen LogP) is 4.33. The Morgan fingerprint density at radius 2 is 1.35 bits per heavy atom. The number of likely N-dealkylation sites (tertiary alicyclic amines) is 2. The molecule has 5 aliphatic heterocycles. The van der Waals surface area contributed by atoms with Gasteiger partial charge in [-0.2, -0.15) is 0 Å². The Balaban J connectivity index is 1.05. The molecule has 0 unspecified atom stereocenters. The smallest absolute Gasteiger partial charge is 0.217 e. The molecule has 5 heterocycles. The van der Waals surface area contributed by atoms with Crippen LogP contribution in [0.3, 0.4) is 0 Å². The molecule has 0 N–H and O–H groups in total. The molecule has 46 heavy (non-hydrogen) atoms. The van der Waals surface area contributed by atoms with Crippen molar-refractivity contribution in [2.45, 2.75) is 92.1 Å². The summed E-state index contributed by atoms with van der Waals surface area (Å²) < 4.78 is 33.1. The molecular formula is C38H42N2O6. The first-order chi connectivity index (χ1) is 22.3. The summed E-state index contributed by atoms with van der Waals surface area (Å²) in [5.41, 5.74) is 5.27. The first kappa shape index (κ1) is 26.8. The summed E-state index contributed by atoms with van der Waals surface area (Å²) in [6.45, 7) is 1.99. The van der Waals surface area contributed by atoms with Crippen LogP contribution < -0.4 is 18.9 Å². The van der Waals surface area contributed by atoms with E-state index in [4.69, 9.17) is 23.7 Å². The Bertz CT molecular complexity index is 1800. The molecular weight excluding hydrogens is 580 g/mol. The van der Waals surface area contributed by atoms with Gasteiger partial charge < -0.3 is 33.5 Å². The van der Waals surface area contributed by atoms with E-state index in [1.54, 1.807) is 14.2 Å². The van der Waals surface area contributed by atoms with Crippen molar-refractivity contribution in [3.05, 3.63) is 57.9 Å². The van der Waals surface area contributed by atoms with Gasteiger partial charge in [-0.3, -0.25) is 4.79 Å². The zero-order chi connectivity index (χ0) is 30.9. The Kier molecular flexibility index (Phi) is 4.91. The van der Waals surface area contributed by atoms with Crippen molar-refractivity contribution in [3.8, 4) is 23.0 Å². The van der Waals surface area contributed by atoms with Crippen LogP contribution in [0.1, 0.15) is 60.8 Å². The number of hydrogen-bond donors (Lipinski definition) is 0. The van der Waals surface area contributed by atoms with Crippen molar-refractivity contribution in [2.24, 2.45) is 11.8 Å². The number of methoxy groups -OCH3 is 2. The summed E-state index contributed by atoms with van der Waals surface area (Å²) in [4.78, 5) is 20.3. The Morgan fingerprint density at radius 1 is 0.761 bits per heavy atom. The van der Waals surface area contributed by atoms with E-state index in [9.17, 15) is 0 Å². The fourth-order valence-electron chi connectivity index (χ4n) is 12.6. The molecule has 11 rings (SSSR count). The lowest BCUT2D eigenvalue weighted by atomic mass is 9.48. The molecule has 0 amide bonds. The molecule has 8 nitrogen and oxygen atoms in total. The normalized spacial score (nSPS) is 42.0. The summed E-state index contributed by atoms with van der Waals surface area (Å²) in [6, 6.07) is 9.40. The topological polar surface area (TPSA) is 69.7 Å². The highest BCUT2D eigenvalue weighted by molar-refractivity contribution is 5.96. The second-order valence-corrected chi connectivity index (χ2v) is 15.9. The van der Waals surface area contributed by atoms with E-state index in [1.807, 2.05) is 6.07 Å². The number of allylic oxidation sites excluding steroid dienone is 1. The number of ketones is 1. The summed E-state index contributed by atoms with van der Waals surface area (Å²) in [5, 5.41) is 0. The first-order valence-electron chi connectivity index (χ1n) is 17.4. The quantitative estimate of drug-likeness (QED) is 0.491. The first-order valence-corrected chi connectivity index (χ1v) is 17.4. The highest BCUT2D eigenvalue weighted by atomic mass is 16.6. The van der Waals surface area contributed by atoms with Gasteiger partial charge in [0, 0.05) is 34.0 Å². The number of hydrogen-bond acceptors (Lipinski definition) is 8. The average molecular weight is 623 g/mol. The largest absolute Gasteiger partial charge is 0.493 e. The number of benzene rings is 2. The van der Waals surface area contributed by atoms with Crippen LogP contribution in [-0.2, 0) is 33.2 Å². The average Bonchev–Trinajstić information content (AvgIpc) is 3.60. The Hall–Kier alpha value is -3.23. The molecule has 9 atom stereocenters. The number of rotatable bonds is 2. The lowest BCUT2D eigenvalue weighted by Gasteiger charge is -2.62. The van der Waals surface area contributed by atoms with Gasteiger partial charge >= 0.3 is 0 Å². The zero-order valence-corrected chi connectivity index (χ0v) is 27.2. The number of nitrogens with zero attached hydrogens (tertiary/aromatic N) is 2. The van der Waals surface area contributed by atoms with Crippen molar-refractivity contribution >= 4 is 5.78 Å². The second kappa shape index (κ2) is 8.43. The maximum absolute atomic E-state index is 15.2. The Morgan fingerprint density at radius 3 is 1.98 bits per heavy atom. The molecule has 1 saturated carbocycles. The van der Waals surface area contributed by atoms with E-state index < -0.39 is 11.7 Å². The number of carbonyl (C=O) groups is 1. The van der Waals surface area contributed by atoms with Gasteiger partial charge in [0.2, 0.25) is 5.78 Å². The summed E-state index contributed by atoms with van der Waals surface area (Å²) in [6.07, 6.45) is 6.48. The number of fused-ring (bicyclic) bond motifs is 1. The van der Waals surface area contributed by atoms with Crippen molar-refractivity contribution in [1.29, 1.82) is 0 Å². The minimum Gasteiger partial charge on any atom is -0.493 e. The summed E-state index contributed by atoms with van der Waals surface area (Å²) in [5.74, 6) is 5.05. The molecule has 4 bridgehead atoms. The molecule has 0 aromatic heterocycles. The maximum atomic E-state index is 15.2. The minimum atomic E-state index is -0.922. The van der Waals surface area contributed by atoms with E-state index in [0.717, 1.165) is 86.8 Å². The third kappa shape index (κ3) is 2.76. The SMILES string of the molecule is COc1ccc2c3c1O[C@H]1C(=O)[C@@]4(CCC5=C(O4)[C@@H]4Oc6c(OC)ccc7c6[C@]46CCN(C)[C@@H](C7)[C@@H]6C5)C[C@H]4[C@@H](C2)N(C)CC[C@]314. The molecule has 8 heteroatoms. The molecule has 9 aliphatic rings. The molecule has 3 fully saturated rings. The number of carbonyl (C=O) groups excluding carboxylic acids is 1. The van der Waals surface area contributed by atoms with Crippen LogP contribution >= 0.6 is 0 Å². The van der Waals surface area contributed by atoms with Crippen molar-refractivity contribution in [1.82, 2.24) is 9.80 Å². The molecule has 0 radical (unpaired) electrons. The lowest BCUT2D eigenvalue weighted by molar-refractivity contribution is -0.180. The van der Waals surface area contributed by atoms with E-state index in [1.165, 1.54) is 27.8 Å². The van der Waals surface area contributed by atoms with Crippen molar-refractivity contribution in [3.63, 3.8) is 0 Å². The fourth-order valence-corrected chi connectivity index (χ4v) is 12.6. The third-order valence-electron chi connectivity index (χ3n) is 14.6. The van der Waals surface area contributed by atoms with E-state index in [0.29, 0.717) is 24.4 Å². The molecule has 4 aliphatic carbocycles. The molecule has 2 aromatic rings. The van der Waals surface area contributed by atoms with Gasteiger partial charge in [-0.05, 0) is 119 Å². The van der Waals surface area contributed by atoms with Gasteiger partial charge in [-0.25, -0.2) is 0 Å². The maximum Gasteiger partial charge on any atom is 0.217 e. The van der Waals surface area contributed by atoms with Gasteiger partial charge in [-0.1, -0.05) is 12.1 Å². The number of likely N-dealkylation sites (N-methyl/N-ethyl adjacent to an activating group) is 2. The monoisotopic (exact) mass is 622 g/mol. The van der Waals surface area contributed by atoms with Gasteiger partial charge in [0.15, 0.2) is 40.8 Å².